The number of rotatable bonds is 3. The van der Waals surface area contributed by atoms with Gasteiger partial charge in [-0.25, -0.2) is 4.98 Å². The Bertz CT molecular complexity index is 886. The third-order valence-electron chi connectivity index (χ3n) is 5.50. The van der Waals surface area contributed by atoms with Crippen molar-refractivity contribution in [2.45, 2.75) is 18.1 Å². The summed E-state index contributed by atoms with van der Waals surface area (Å²) in [5.41, 5.74) is 1.05. The van der Waals surface area contributed by atoms with E-state index < -0.39 is 5.54 Å². The fraction of sp³-hybridized carbons (Fsp3) is 0.381. The molecule has 1 N–H and O–H groups in total. The summed E-state index contributed by atoms with van der Waals surface area (Å²) in [5.74, 6) is 0.471. The molecule has 28 heavy (non-hydrogen) atoms. The topological polar surface area (TPSA) is 74.8 Å². The van der Waals surface area contributed by atoms with Crippen LogP contribution in [0.25, 0.3) is 0 Å². The monoisotopic (exact) mass is 380 g/mol. The first-order chi connectivity index (χ1) is 13.5. The first kappa shape index (κ1) is 18.4. The number of nitrogens with one attached hydrogen (secondary N) is 1. The van der Waals surface area contributed by atoms with Crippen LogP contribution in [0.2, 0.25) is 0 Å². The highest BCUT2D eigenvalue weighted by Gasteiger charge is 2.49. The minimum Gasteiger partial charge on any atom is -0.364 e. The van der Waals surface area contributed by atoms with Gasteiger partial charge in [0.05, 0.1) is 11.1 Å². The molecule has 3 heterocycles. The maximum atomic E-state index is 12.6. The average Bonchev–Trinajstić information content (AvgIpc) is 2.73. The van der Waals surface area contributed by atoms with Crippen LogP contribution in [-0.4, -0.2) is 61.6 Å². The average molecular weight is 380 g/mol. The molecule has 1 aromatic heterocycles. The zero-order valence-corrected chi connectivity index (χ0v) is 16.1. The van der Waals surface area contributed by atoms with Gasteiger partial charge in [0.2, 0.25) is 5.91 Å². The Morgan fingerprint density at radius 3 is 2.79 bits per heavy atom. The van der Waals surface area contributed by atoms with Crippen LogP contribution in [0.15, 0.2) is 48.7 Å². The maximum Gasteiger partial charge on any atom is 0.257 e. The van der Waals surface area contributed by atoms with Crippen LogP contribution in [0.5, 0.6) is 0 Å². The molecule has 4 rings (SSSR count). The minimum atomic E-state index is -0.562. The lowest BCUT2D eigenvalue weighted by Crippen LogP contribution is -2.66. The zero-order chi connectivity index (χ0) is 19.7. The standard InChI is InChI=1S/C21H24N4O3/c1-24(2)20(27)16-9-6-11-22-19(16)25-12-10-21(15-7-4-3-5-8-15)17(13-25)28-14-18(26)23-21/h3-9,11,17H,10,12-14H2,1-2H3,(H,23,26)/t17-,21+/m1/s1. The van der Waals surface area contributed by atoms with Crippen LogP contribution >= 0.6 is 0 Å². The van der Waals surface area contributed by atoms with Crippen molar-refractivity contribution in [3.05, 3.63) is 59.8 Å². The van der Waals surface area contributed by atoms with E-state index >= 15 is 0 Å². The van der Waals surface area contributed by atoms with E-state index in [2.05, 4.69) is 15.2 Å². The van der Waals surface area contributed by atoms with E-state index in [4.69, 9.17) is 4.74 Å². The van der Waals surface area contributed by atoms with Gasteiger partial charge in [-0.1, -0.05) is 30.3 Å². The number of hydrogen-bond donors (Lipinski definition) is 1. The summed E-state index contributed by atoms with van der Waals surface area (Å²) >= 11 is 0. The molecule has 0 spiro atoms. The van der Waals surface area contributed by atoms with Crippen molar-refractivity contribution in [1.82, 2.24) is 15.2 Å². The predicted octanol–water partition coefficient (Wildman–Crippen LogP) is 1.40. The van der Waals surface area contributed by atoms with Gasteiger partial charge in [-0.05, 0) is 24.1 Å². The number of hydrogen-bond acceptors (Lipinski definition) is 5. The van der Waals surface area contributed by atoms with Gasteiger partial charge in [0.15, 0.2) is 0 Å². The molecule has 2 aliphatic heterocycles. The third kappa shape index (κ3) is 3.11. The number of aromatic nitrogens is 1. The van der Waals surface area contributed by atoms with Gasteiger partial charge in [0.25, 0.3) is 5.91 Å². The Balaban J connectivity index is 1.67. The minimum absolute atomic E-state index is 0.0405. The largest absolute Gasteiger partial charge is 0.364 e. The van der Waals surface area contributed by atoms with E-state index in [9.17, 15) is 9.59 Å². The number of amides is 2. The normalized spacial score (nSPS) is 24.3. The molecular weight excluding hydrogens is 356 g/mol. The number of anilines is 1. The molecule has 1 aromatic carbocycles. The molecule has 2 aromatic rings. The van der Waals surface area contributed by atoms with E-state index in [1.807, 2.05) is 30.3 Å². The maximum absolute atomic E-state index is 12.6. The molecular formula is C21H24N4O3. The van der Waals surface area contributed by atoms with Crippen molar-refractivity contribution in [2.75, 3.05) is 38.7 Å². The summed E-state index contributed by atoms with van der Waals surface area (Å²) < 4.78 is 5.97. The van der Waals surface area contributed by atoms with Crippen molar-refractivity contribution in [3.63, 3.8) is 0 Å². The van der Waals surface area contributed by atoms with Crippen LogP contribution in [-0.2, 0) is 15.1 Å². The van der Waals surface area contributed by atoms with Crippen molar-refractivity contribution < 1.29 is 14.3 Å². The van der Waals surface area contributed by atoms with Gasteiger partial charge in [0.1, 0.15) is 18.5 Å². The number of benzene rings is 1. The number of pyridine rings is 1. The summed E-state index contributed by atoms with van der Waals surface area (Å²) in [4.78, 5) is 32.9. The summed E-state index contributed by atoms with van der Waals surface area (Å²) in [6.45, 7) is 1.23. The Morgan fingerprint density at radius 2 is 2.04 bits per heavy atom. The number of fused-ring (bicyclic) bond motifs is 1. The number of piperidine rings is 1. The van der Waals surface area contributed by atoms with E-state index in [-0.39, 0.29) is 24.5 Å². The Hall–Kier alpha value is -2.93. The van der Waals surface area contributed by atoms with Crippen LogP contribution in [0.1, 0.15) is 22.3 Å². The van der Waals surface area contributed by atoms with Gasteiger partial charge >= 0.3 is 0 Å². The summed E-state index contributed by atoms with van der Waals surface area (Å²) in [6.07, 6.45) is 2.13. The van der Waals surface area contributed by atoms with E-state index in [1.54, 1.807) is 37.3 Å². The van der Waals surface area contributed by atoms with E-state index in [1.165, 1.54) is 0 Å². The quantitative estimate of drug-likeness (QED) is 0.871. The summed E-state index contributed by atoms with van der Waals surface area (Å²) in [5, 5.41) is 3.19. The number of carbonyl (C=O) groups excluding carboxylic acids is 2. The zero-order valence-electron chi connectivity index (χ0n) is 16.1. The van der Waals surface area contributed by atoms with Crippen molar-refractivity contribution in [2.24, 2.45) is 0 Å². The molecule has 2 saturated heterocycles. The van der Waals surface area contributed by atoms with Crippen molar-refractivity contribution in [1.29, 1.82) is 0 Å². The molecule has 0 saturated carbocycles. The molecule has 2 atom stereocenters. The number of ether oxygens (including phenoxy) is 1. The van der Waals surface area contributed by atoms with E-state index in [0.29, 0.717) is 30.9 Å². The molecule has 0 unspecified atom stereocenters. The van der Waals surface area contributed by atoms with Gasteiger partial charge in [-0.2, -0.15) is 0 Å². The molecule has 0 aliphatic carbocycles. The summed E-state index contributed by atoms with van der Waals surface area (Å²) in [7, 11) is 3.46. The molecule has 0 radical (unpaired) electrons. The lowest BCUT2D eigenvalue weighted by molar-refractivity contribution is -0.146. The lowest BCUT2D eigenvalue weighted by Gasteiger charge is -2.50. The fourth-order valence-electron chi connectivity index (χ4n) is 4.11. The highest BCUT2D eigenvalue weighted by Crippen LogP contribution is 2.38. The molecule has 146 valence electrons. The van der Waals surface area contributed by atoms with Crippen LogP contribution in [0.3, 0.4) is 0 Å². The first-order valence-electron chi connectivity index (χ1n) is 9.41. The predicted molar refractivity (Wildman–Crippen MR) is 105 cm³/mol. The molecule has 7 nitrogen and oxygen atoms in total. The Kier molecular flexibility index (Phi) is 4.77. The molecule has 2 aliphatic rings. The molecule has 2 fully saturated rings. The van der Waals surface area contributed by atoms with Crippen LogP contribution in [0, 0.1) is 0 Å². The van der Waals surface area contributed by atoms with Gasteiger partial charge < -0.3 is 19.9 Å². The summed E-state index contributed by atoms with van der Waals surface area (Å²) in [6, 6.07) is 13.5. The second-order valence-corrected chi connectivity index (χ2v) is 7.46. The highest BCUT2D eigenvalue weighted by molar-refractivity contribution is 5.98. The van der Waals surface area contributed by atoms with Gasteiger partial charge in [0, 0.05) is 33.4 Å². The van der Waals surface area contributed by atoms with Crippen molar-refractivity contribution >= 4 is 17.6 Å². The van der Waals surface area contributed by atoms with Crippen LogP contribution < -0.4 is 10.2 Å². The first-order valence-corrected chi connectivity index (χ1v) is 9.41. The second-order valence-electron chi connectivity index (χ2n) is 7.46. The lowest BCUT2D eigenvalue weighted by atomic mass is 9.77. The fourth-order valence-corrected chi connectivity index (χ4v) is 4.11. The second kappa shape index (κ2) is 7.24. The van der Waals surface area contributed by atoms with E-state index in [0.717, 1.165) is 5.56 Å². The number of carbonyl (C=O) groups is 2. The van der Waals surface area contributed by atoms with Crippen LogP contribution in [0.4, 0.5) is 5.82 Å². The van der Waals surface area contributed by atoms with Crippen molar-refractivity contribution in [3.8, 4) is 0 Å². The number of nitrogens with zero attached hydrogens (tertiary/aromatic N) is 3. The smallest absolute Gasteiger partial charge is 0.257 e. The third-order valence-corrected chi connectivity index (χ3v) is 5.50. The number of morpholine rings is 1. The molecule has 0 bridgehead atoms. The Morgan fingerprint density at radius 1 is 1.25 bits per heavy atom. The van der Waals surface area contributed by atoms with Gasteiger partial charge in [-0.3, -0.25) is 9.59 Å². The highest BCUT2D eigenvalue weighted by atomic mass is 16.5. The SMILES string of the molecule is CN(C)C(=O)c1cccnc1N1CC[C@@]2(c3ccccc3)NC(=O)CO[C@@H]2C1. The molecule has 2 amide bonds. The Labute approximate surface area is 164 Å². The molecule has 7 heteroatoms. The van der Waals surface area contributed by atoms with Gasteiger partial charge in [-0.15, -0.1) is 0 Å².